The fourth-order valence-electron chi connectivity index (χ4n) is 2.17. The van der Waals surface area contributed by atoms with E-state index in [9.17, 15) is 4.79 Å². The first-order chi connectivity index (χ1) is 7.50. The van der Waals surface area contributed by atoms with Crippen LogP contribution in [0.4, 0.5) is 0 Å². The average molecular weight is 226 g/mol. The number of esters is 1. The lowest BCUT2D eigenvalue weighted by Crippen LogP contribution is -2.43. The topological polar surface area (TPSA) is 55.8 Å². The Morgan fingerprint density at radius 1 is 1.69 bits per heavy atom. The second-order valence-corrected chi connectivity index (χ2v) is 4.27. The van der Waals surface area contributed by atoms with E-state index in [0.29, 0.717) is 12.0 Å². The van der Waals surface area contributed by atoms with Crippen LogP contribution in [0.5, 0.6) is 0 Å². The smallest absolute Gasteiger partial charge is 0.320 e. The molecule has 0 aromatic carbocycles. The van der Waals surface area contributed by atoms with Gasteiger partial charge < -0.3 is 4.74 Å². The highest BCUT2D eigenvalue weighted by Crippen LogP contribution is 2.43. The molecule has 0 unspecified atom stereocenters. The Morgan fingerprint density at radius 3 is 2.75 bits per heavy atom. The Balaban J connectivity index is 3.20. The summed E-state index contributed by atoms with van der Waals surface area (Å²) < 4.78 is 4.83. The maximum absolute atomic E-state index is 11.9. The minimum absolute atomic E-state index is 0.0124. The fraction of sp³-hybridized carbons (Fsp3) is 0.583. The molecule has 0 aromatic rings. The monoisotopic (exact) mass is 226 g/mol. The number of hydrogen-bond acceptors (Lipinski definition) is 4. The van der Waals surface area contributed by atoms with Gasteiger partial charge >= 0.3 is 5.97 Å². The minimum Gasteiger partial charge on any atom is -0.468 e. The van der Waals surface area contributed by atoms with Crippen molar-refractivity contribution in [2.45, 2.75) is 26.4 Å². The van der Waals surface area contributed by atoms with E-state index >= 15 is 0 Å². The zero-order chi connectivity index (χ0) is 12.3. The minimum atomic E-state index is -0.902. The van der Waals surface area contributed by atoms with Crippen LogP contribution in [-0.2, 0) is 14.4 Å². The highest BCUT2D eigenvalue weighted by Gasteiger charge is 2.47. The molecule has 0 saturated heterocycles. The molecule has 4 nitrogen and oxygen atoms in total. The van der Waals surface area contributed by atoms with Crippen molar-refractivity contribution in [3.63, 3.8) is 0 Å². The van der Waals surface area contributed by atoms with Crippen LogP contribution < -0.4 is 0 Å². The number of hydrogen-bond donors (Lipinski definition) is 1. The maximum atomic E-state index is 11.9. The number of methoxy groups -OCH3 is 1. The van der Waals surface area contributed by atoms with E-state index in [1.54, 1.807) is 6.08 Å². The lowest BCUT2D eigenvalue weighted by molar-refractivity contribution is -0.271. The predicted octanol–water partition coefficient (Wildman–Crippen LogP) is 2.18. The standard InChI is InChI=1S/C12H18O4/c1-8(2)12(11(13)15-4)7-5-6-10(16-14)9(12)3/h5,7-8,10,14H,3,6H2,1-2,4H3/t10-,12+/m0/s1. The van der Waals surface area contributed by atoms with Gasteiger partial charge in [-0.3, -0.25) is 10.1 Å². The molecule has 1 rings (SSSR count). The molecule has 0 saturated carbocycles. The van der Waals surface area contributed by atoms with E-state index in [2.05, 4.69) is 11.5 Å². The van der Waals surface area contributed by atoms with Crippen molar-refractivity contribution < 1.29 is 19.7 Å². The lowest BCUT2D eigenvalue weighted by atomic mass is 9.67. The van der Waals surface area contributed by atoms with Crippen LogP contribution in [0, 0.1) is 11.3 Å². The molecule has 16 heavy (non-hydrogen) atoms. The second kappa shape index (κ2) is 4.80. The molecule has 0 fully saturated rings. The van der Waals surface area contributed by atoms with Gasteiger partial charge in [0.25, 0.3) is 0 Å². The number of rotatable bonds is 3. The number of carbonyl (C=O) groups excluding carboxylic acids is 1. The van der Waals surface area contributed by atoms with Gasteiger partial charge in [0, 0.05) is 0 Å². The van der Waals surface area contributed by atoms with Gasteiger partial charge in [0.1, 0.15) is 11.5 Å². The Labute approximate surface area is 95.5 Å². The van der Waals surface area contributed by atoms with Crippen molar-refractivity contribution >= 4 is 5.97 Å². The molecule has 0 radical (unpaired) electrons. The molecule has 1 aliphatic rings. The normalized spacial score (nSPS) is 29.6. The van der Waals surface area contributed by atoms with Gasteiger partial charge in [0.15, 0.2) is 0 Å². The van der Waals surface area contributed by atoms with Crippen molar-refractivity contribution in [1.82, 2.24) is 0 Å². The molecule has 1 aliphatic carbocycles. The summed E-state index contributed by atoms with van der Waals surface area (Å²) in [7, 11) is 1.34. The first-order valence-electron chi connectivity index (χ1n) is 5.26. The molecule has 90 valence electrons. The zero-order valence-corrected chi connectivity index (χ0v) is 9.90. The van der Waals surface area contributed by atoms with E-state index in [1.165, 1.54) is 7.11 Å². The van der Waals surface area contributed by atoms with Gasteiger partial charge in [0.2, 0.25) is 0 Å². The van der Waals surface area contributed by atoms with Crippen molar-refractivity contribution in [3.8, 4) is 0 Å². The molecular formula is C12H18O4. The lowest BCUT2D eigenvalue weighted by Gasteiger charge is -2.38. The third-order valence-electron chi connectivity index (χ3n) is 3.21. The Morgan fingerprint density at radius 2 is 2.31 bits per heavy atom. The Kier molecular flexibility index (Phi) is 3.88. The molecule has 1 N–H and O–H groups in total. The number of carbonyl (C=O) groups is 1. The molecular weight excluding hydrogens is 208 g/mol. The highest BCUT2D eigenvalue weighted by atomic mass is 17.1. The van der Waals surface area contributed by atoms with Crippen molar-refractivity contribution in [3.05, 3.63) is 24.3 Å². The predicted molar refractivity (Wildman–Crippen MR) is 59.7 cm³/mol. The van der Waals surface area contributed by atoms with Crippen molar-refractivity contribution in [2.24, 2.45) is 11.3 Å². The summed E-state index contributed by atoms with van der Waals surface area (Å²) in [5, 5.41) is 8.78. The fourth-order valence-corrected chi connectivity index (χ4v) is 2.17. The van der Waals surface area contributed by atoms with Crippen LogP contribution in [0.3, 0.4) is 0 Å². The van der Waals surface area contributed by atoms with Gasteiger partial charge in [-0.15, -0.1) is 0 Å². The molecule has 0 bridgehead atoms. The van der Waals surface area contributed by atoms with Crippen LogP contribution in [0.2, 0.25) is 0 Å². The van der Waals surface area contributed by atoms with Crippen molar-refractivity contribution in [2.75, 3.05) is 7.11 Å². The summed E-state index contributed by atoms with van der Waals surface area (Å²) >= 11 is 0. The summed E-state index contributed by atoms with van der Waals surface area (Å²) in [4.78, 5) is 16.3. The highest BCUT2D eigenvalue weighted by molar-refractivity contribution is 5.84. The van der Waals surface area contributed by atoms with E-state index < -0.39 is 11.5 Å². The summed E-state index contributed by atoms with van der Waals surface area (Å²) in [6.07, 6.45) is 3.57. The van der Waals surface area contributed by atoms with Gasteiger partial charge in [-0.25, -0.2) is 4.89 Å². The third-order valence-corrected chi connectivity index (χ3v) is 3.21. The summed E-state index contributed by atoms with van der Waals surface area (Å²) in [5.41, 5.74) is -0.361. The quantitative estimate of drug-likeness (QED) is 0.347. The van der Waals surface area contributed by atoms with Gasteiger partial charge in [-0.05, 0) is 17.9 Å². The number of ether oxygens (including phenoxy) is 1. The average Bonchev–Trinajstić information content (AvgIpc) is 2.28. The summed E-state index contributed by atoms with van der Waals surface area (Å²) in [6, 6.07) is 0. The van der Waals surface area contributed by atoms with Crippen LogP contribution in [0.15, 0.2) is 24.3 Å². The van der Waals surface area contributed by atoms with Crippen LogP contribution in [0.1, 0.15) is 20.3 Å². The van der Waals surface area contributed by atoms with Crippen molar-refractivity contribution in [1.29, 1.82) is 0 Å². The SMILES string of the molecule is C=C1[C@@H](OO)CC=C[C@@]1(C(=O)OC)C(C)C. The third kappa shape index (κ3) is 1.79. The molecule has 0 aromatic heterocycles. The summed E-state index contributed by atoms with van der Waals surface area (Å²) in [5.74, 6) is -0.382. The molecule has 4 heteroatoms. The van der Waals surface area contributed by atoms with Gasteiger partial charge in [-0.1, -0.05) is 32.6 Å². The van der Waals surface area contributed by atoms with Crippen LogP contribution in [0.25, 0.3) is 0 Å². The van der Waals surface area contributed by atoms with E-state index in [4.69, 9.17) is 9.99 Å². The maximum Gasteiger partial charge on any atom is 0.320 e. The van der Waals surface area contributed by atoms with E-state index in [-0.39, 0.29) is 11.9 Å². The van der Waals surface area contributed by atoms with E-state index in [0.717, 1.165) is 0 Å². The summed E-state index contributed by atoms with van der Waals surface area (Å²) in [6.45, 7) is 7.69. The van der Waals surface area contributed by atoms with Gasteiger partial charge in [-0.2, -0.15) is 0 Å². The Bertz CT molecular complexity index is 319. The van der Waals surface area contributed by atoms with Gasteiger partial charge in [0.05, 0.1) is 7.11 Å². The molecule has 0 amide bonds. The Hall–Kier alpha value is -1.13. The first kappa shape index (κ1) is 12.9. The largest absolute Gasteiger partial charge is 0.468 e. The second-order valence-electron chi connectivity index (χ2n) is 4.27. The molecule has 0 aliphatic heterocycles. The van der Waals surface area contributed by atoms with E-state index in [1.807, 2.05) is 19.9 Å². The zero-order valence-electron chi connectivity index (χ0n) is 9.90. The molecule has 0 heterocycles. The molecule has 2 atom stereocenters. The first-order valence-corrected chi connectivity index (χ1v) is 5.26. The van der Waals surface area contributed by atoms with Crippen LogP contribution >= 0.6 is 0 Å². The van der Waals surface area contributed by atoms with Crippen LogP contribution in [-0.4, -0.2) is 24.4 Å². The molecule has 0 spiro atoms.